The maximum Gasteiger partial charge on any atom is 0.182 e. The Bertz CT molecular complexity index is 476. The van der Waals surface area contributed by atoms with Crippen LogP contribution in [0.15, 0.2) is 24.3 Å². The van der Waals surface area contributed by atoms with Gasteiger partial charge in [0, 0.05) is 5.56 Å². The quantitative estimate of drug-likeness (QED) is 0.866. The van der Waals surface area contributed by atoms with E-state index in [9.17, 15) is 0 Å². The minimum atomic E-state index is 0.0299. The zero-order valence-corrected chi connectivity index (χ0v) is 10.0. The number of aliphatic hydroxyl groups excluding tert-OH is 1. The molecule has 17 heavy (non-hydrogen) atoms. The number of aliphatic hydroxyl groups is 1. The predicted octanol–water partition coefficient (Wildman–Crippen LogP) is 1.46. The third-order valence-electron chi connectivity index (χ3n) is 2.68. The minimum absolute atomic E-state index is 0.0299. The van der Waals surface area contributed by atoms with Crippen molar-refractivity contribution in [1.29, 1.82) is 0 Å². The smallest absolute Gasteiger partial charge is 0.182 e. The van der Waals surface area contributed by atoms with E-state index in [-0.39, 0.29) is 6.61 Å². The number of hydrogen-bond acceptors (Lipinski definition) is 4. The molecule has 1 aromatic heterocycles. The summed E-state index contributed by atoms with van der Waals surface area (Å²) in [4.78, 5) is 0. The molecule has 2 aromatic rings. The summed E-state index contributed by atoms with van der Waals surface area (Å²) in [5, 5.41) is 20.3. The highest BCUT2D eigenvalue weighted by Crippen LogP contribution is 2.20. The van der Waals surface area contributed by atoms with Crippen molar-refractivity contribution in [1.82, 2.24) is 20.2 Å². The van der Waals surface area contributed by atoms with Gasteiger partial charge in [0.2, 0.25) is 0 Å². The number of nitrogens with zero attached hydrogens (tertiary/aromatic N) is 4. The Balaban J connectivity index is 2.30. The highest BCUT2D eigenvalue weighted by molar-refractivity contribution is 5.55. The summed E-state index contributed by atoms with van der Waals surface area (Å²) in [5.41, 5.74) is 2.25. The van der Waals surface area contributed by atoms with Crippen LogP contribution in [0, 0.1) is 0 Å². The fourth-order valence-corrected chi connectivity index (χ4v) is 1.67. The van der Waals surface area contributed by atoms with Crippen LogP contribution in [0.3, 0.4) is 0 Å². The van der Waals surface area contributed by atoms with Gasteiger partial charge in [-0.3, -0.25) is 0 Å². The lowest BCUT2D eigenvalue weighted by Gasteiger charge is -2.06. The van der Waals surface area contributed by atoms with Crippen LogP contribution in [0.5, 0.6) is 0 Å². The summed E-state index contributed by atoms with van der Waals surface area (Å²) in [6.45, 7) is 4.76. The average Bonchev–Trinajstić information content (AvgIpc) is 2.78. The lowest BCUT2D eigenvalue weighted by molar-refractivity contribution is 0.269. The van der Waals surface area contributed by atoms with Crippen molar-refractivity contribution in [2.75, 3.05) is 6.61 Å². The molecule has 0 aliphatic carbocycles. The van der Waals surface area contributed by atoms with Gasteiger partial charge in [0.15, 0.2) is 5.82 Å². The van der Waals surface area contributed by atoms with Crippen molar-refractivity contribution in [3.63, 3.8) is 0 Å². The molecule has 0 atom stereocenters. The van der Waals surface area contributed by atoms with Crippen molar-refractivity contribution < 1.29 is 5.11 Å². The Hall–Kier alpha value is -1.75. The first-order chi connectivity index (χ1) is 8.22. The first-order valence-electron chi connectivity index (χ1n) is 5.69. The topological polar surface area (TPSA) is 63.8 Å². The van der Waals surface area contributed by atoms with E-state index in [1.165, 1.54) is 5.56 Å². The lowest BCUT2D eigenvalue weighted by atomic mass is 10.0. The van der Waals surface area contributed by atoms with E-state index < -0.39 is 0 Å². The molecule has 0 amide bonds. The molecule has 1 N–H and O–H groups in total. The monoisotopic (exact) mass is 232 g/mol. The fraction of sp³-hybridized carbons (Fsp3) is 0.417. The first kappa shape index (κ1) is 11.7. The molecule has 0 radical (unpaired) electrons. The molecule has 0 aliphatic rings. The standard InChI is InChI=1S/C12H16N4O/c1-9(2)10-3-5-11(6-4-10)12-13-14-15-16(12)7-8-17/h3-6,9,17H,7-8H2,1-2H3. The molecule has 2 rings (SSSR count). The van der Waals surface area contributed by atoms with Gasteiger partial charge in [0.05, 0.1) is 13.2 Å². The number of aromatic nitrogens is 4. The molecule has 90 valence electrons. The Labute approximate surface area is 100 Å². The van der Waals surface area contributed by atoms with Gasteiger partial charge in [-0.25, -0.2) is 4.68 Å². The Kier molecular flexibility index (Phi) is 3.49. The summed E-state index contributed by atoms with van der Waals surface area (Å²) >= 11 is 0. The van der Waals surface area contributed by atoms with Crippen molar-refractivity contribution in [3.8, 4) is 11.4 Å². The van der Waals surface area contributed by atoms with E-state index in [0.717, 1.165) is 5.56 Å². The summed E-state index contributed by atoms with van der Waals surface area (Å²) in [6.07, 6.45) is 0. The first-order valence-corrected chi connectivity index (χ1v) is 5.69. The van der Waals surface area contributed by atoms with Crippen LogP contribution < -0.4 is 0 Å². The van der Waals surface area contributed by atoms with E-state index >= 15 is 0 Å². The SMILES string of the molecule is CC(C)c1ccc(-c2nnnn2CCO)cc1. The second-order valence-electron chi connectivity index (χ2n) is 4.23. The van der Waals surface area contributed by atoms with E-state index in [1.807, 2.05) is 12.1 Å². The van der Waals surface area contributed by atoms with Crippen LogP contribution in [-0.2, 0) is 6.54 Å². The molecule has 1 aromatic carbocycles. The zero-order chi connectivity index (χ0) is 12.3. The van der Waals surface area contributed by atoms with Gasteiger partial charge in [-0.1, -0.05) is 38.1 Å². The van der Waals surface area contributed by atoms with Crippen LogP contribution in [0.2, 0.25) is 0 Å². The van der Waals surface area contributed by atoms with E-state index in [4.69, 9.17) is 5.11 Å². The fourth-order valence-electron chi connectivity index (χ4n) is 1.67. The molecule has 0 bridgehead atoms. The molecular formula is C12H16N4O. The highest BCUT2D eigenvalue weighted by Gasteiger charge is 2.08. The van der Waals surface area contributed by atoms with Gasteiger partial charge < -0.3 is 5.11 Å². The van der Waals surface area contributed by atoms with Crippen molar-refractivity contribution in [2.45, 2.75) is 26.3 Å². The van der Waals surface area contributed by atoms with Crippen LogP contribution in [0.1, 0.15) is 25.3 Å². The van der Waals surface area contributed by atoms with Gasteiger partial charge in [-0.2, -0.15) is 0 Å². The predicted molar refractivity (Wildman–Crippen MR) is 64.4 cm³/mol. The summed E-state index contributed by atoms with van der Waals surface area (Å²) in [5.74, 6) is 1.20. The molecule has 5 heteroatoms. The largest absolute Gasteiger partial charge is 0.394 e. The maximum atomic E-state index is 8.91. The Morgan fingerprint density at radius 3 is 2.53 bits per heavy atom. The molecule has 0 aliphatic heterocycles. The van der Waals surface area contributed by atoms with Crippen molar-refractivity contribution >= 4 is 0 Å². The summed E-state index contributed by atoms with van der Waals surface area (Å²) < 4.78 is 1.60. The van der Waals surface area contributed by atoms with Gasteiger partial charge in [-0.05, 0) is 21.9 Å². The van der Waals surface area contributed by atoms with Crippen molar-refractivity contribution in [2.24, 2.45) is 0 Å². The average molecular weight is 232 g/mol. The molecule has 5 nitrogen and oxygen atoms in total. The molecule has 1 heterocycles. The highest BCUT2D eigenvalue weighted by atomic mass is 16.3. The molecule has 0 fully saturated rings. The van der Waals surface area contributed by atoms with Crippen LogP contribution in [-0.4, -0.2) is 31.9 Å². The number of tetrazole rings is 1. The summed E-state index contributed by atoms with van der Waals surface area (Å²) in [6, 6.07) is 8.18. The van der Waals surface area contributed by atoms with Gasteiger partial charge >= 0.3 is 0 Å². The van der Waals surface area contributed by atoms with Gasteiger partial charge in [-0.15, -0.1) is 5.10 Å². The minimum Gasteiger partial charge on any atom is -0.394 e. The third kappa shape index (κ3) is 2.50. The molecule has 0 unspecified atom stereocenters. The maximum absolute atomic E-state index is 8.91. The van der Waals surface area contributed by atoms with Crippen LogP contribution in [0.4, 0.5) is 0 Å². The van der Waals surface area contributed by atoms with Gasteiger partial charge in [0.1, 0.15) is 0 Å². The summed E-state index contributed by atoms with van der Waals surface area (Å²) in [7, 11) is 0. The number of rotatable bonds is 4. The second-order valence-corrected chi connectivity index (χ2v) is 4.23. The Morgan fingerprint density at radius 1 is 1.24 bits per heavy atom. The van der Waals surface area contributed by atoms with Crippen LogP contribution in [0.25, 0.3) is 11.4 Å². The normalized spacial score (nSPS) is 11.1. The van der Waals surface area contributed by atoms with Crippen molar-refractivity contribution in [3.05, 3.63) is 29.8 Å². The third-order valence-corrected chi connectivity index (χ3v) is 2.68. The zero-order valence-electron chi connectivity index (χ0n) is 10.0. The van der Waals surface area contributed by atoms with E-state index in [1.54, 1.807) is 4.68 Å². The van der Waals surface area contributed by atoms with E-state index in [2.05, 4.69) is 41.5 Å². The van der Waals surface area contributed by atoms with E-state index in [0.29, 0.717) is 18.3 Å². The van der Waals surface area contributed by atoms with Crippen LogP contribution >= 0.6 is 0 Å². The molecule has 0 saturated heterocycles. The second kappa shape index (κ2) is 5.05. The van der Waals surface area contributed by atoms with Gasteiger partial charge in [0.25, 0.3) is 0 Å². The number of hydrogen-bond donors (Lipinski definition) is 1. The molecule has 0 spiro atoms. The molecular weight excluding hydrogens is 216 g/mol. The number of benzene rings is 1. The Morgan fingerprint density at radius 2 is 1.94 bits per heavy atom. The molecule has 0 saturated carbocycles. The lowest BCUT2D eigenvalue weighted by Crippen LogP contribution is -2.06.